The van der Waals surface area contributed by atoms with Crippen LogP contribution in [-0.4, -0.2) is 11.7 Å². The largest absolute Gasteiger partial charge is 0.444 e. The van der Waals surface area contributed by atoms with Crippen molar-refractivity contribution < 1.29 is 9.53 Å². The fourth-order valence-electron chi connectivity index (χ4n) is 2.04. The standard InChI is InChI=1S/C19H20N2O2/c1-19(2,3)23-18(22)21-13-15-6-10-17(11-7-15)16-8-4-14(12-20)5-9-16/h4-11H,13H2,1-3H3,(H,21,22). The lowest BCUT2D eigenvalue weighted by Gasteiger charge is -2.19. The Morgan fingerprint density at radius 1 is 1.04 bits per heavy atom. The van der Waals surface area contributed by atoms with Gasteiger partial charge in [0.05, 0.1) is 11.6 Å². The normalized spacial score (nSPS) is 10.7. The molecule has 1 N–H and O–H groups in total. The summed E-state index contributed by atoms with van der Waals surface area (Å²) in [5.74, 6) is 0. The molecule has 2 aromatic rings. The number of ether oxygens (including phenoxy) is 1. The first kappa shape index (κ1) is 16.6. The van der Waals surface area contributed by atoms with Crippen LogP contribution >= 0.6 is 0 Å². The molecule has 4 nitrogen and oxygen atoms in total. The SMILES string of the molecule is CC(C)(C)OC(=O)NCc1ccc(-c2ccc(C#N)cc2)cc1. The molecule has 0 heterocycles. The highest BCUT2D eigenvalue weighted by molar-refractivity contribution is 5.68. The van der Waals surface area contributed by atoms with E-state index >= 15 is 0 Å². The Bertz CT molecular complexity index is 705. The number of carbonyl (C=O) groups excluding carboxylic acids is 1. The number of amides is 1. The zero-order valence-corrected chi connectivity index (χ0v) is 13.6. The third-order valence-electron chi connectivity index (χ3n) is 3.14. The Labute approximate surface area is 136 Å². The molecule has 1 amide bonds. The first-order valence-electron chi connectivity index (χ1n) is 7.44. The van der Waals surface area contributed by atoms with Gasteiger partial charge in [0.2, 0.25) is 0 Å². The second-order valence-electron chi connectivity index (χ2n) is 6.24. The van der Waals surface area contributed by atoms with Crippen LogP contribution in [0.2, 0.25) is 0 Å². The van der Waals surface area contributed by atoms with Crippen molar-refractivity contribution in [3.63, 3.8) is 0 Å². The number of hydrogen-bond donors (Lipinski definition) is 1. The van der Waals surface area contributed by atoms with E-state index in [9.17, 15) is 4.79 Å². The van der Waals surface area contributed by atoms with Crippen molar-refractivity contribution in [3.8, 4) is 17.2 Å². The number of nitrogens with one attached hydrogen (secondary N) is 1. The Kier molecular flexibility index (Phi) is 5.02. The van der Waals surface area contributed by atoms with E-state index in [4.69, 9.17) is 10.00 Å². The minimum Gasteiger partial charge on any atom is -0.444 e. The van der Waals surface area contributed by atoms with E-state index in [0.717, 1.165) is 16.7 Å². The molecular weight excluding hydrogens is 288 g/mol. The predicted octanol–water partition coefficient (Wildman–Crippen LogP) is 4.25. The van der Waals surface area contributed by atoms with Crippen LogP contribution < -0.4 is 5.32 Å². The van der Waals surface area contributed by atoms with E-state index in [2.05, 4.69) is 11.4 Å². The molecule has 2 rings (SSSR count). The summed E-state index contributed by atoms with van der Waals surface area (Å²) >= 11 is 0. The fraction of sp³-hybridized carbons (Fsp3) is 0.263. The smallest absolute Gasteiger partial charge is 0.407 e. The van der Waals surface area contributed by atoms with Gasteiger partial charge in [-0.05, 0) is 49.6 Å². The number of hydrogen-bond acceptors (Lipinski definition) is 3. The molecule has 118 valence electrons. The maximum atomic E-state index is 11.6. The Morgan fingerprint density at radius 3 is 2.04 bits per heavy atom. The first-order valence-corrected chi connectivity index (χ1v) is 7.44. The quantitative estimate of drug-likeness (QED) is 0.922. The summed E-state index contributed by atoms with van der Waals surface area (Å²) in [6.45, 7) is 5.92. The van der Waals surface area contributed by atoms with Crippen LogP contribution in [0, 0.1) is 11.3 Å². The summed E-state index contributed by atoms with van der Waals surface area (Å²) in [6.07, 6.45) is -0.423. The summed E-state index contributed by atoms with van der Waals surface area (Å²) < 4.78 is 5.20. The lowest BCUT2D eigenvalue weighted by molar-refractivity contribution is 0.0523. The molecule has 0 aliphatic heterocycles. The van der Waals surface area contributed by atoms with E-state index in [1.54, 1.807) is 12.1 Å². The number of nitriles is 1. The fourth-order valence-corrected chi connectivity index (χ4v) is 2.04. The van der Waals surface area contributed by atoms with Gasteiger partial charge in [-0.1, -0.05) is 36.4 Å². The molecule has 0 spiro atoms. The number of nitrogens with zero attached hydrogens (tertiary/aromatic N) is 1. The van der Waals surface area contributed by atoms with E-state index in [1.165, 1.54) is 0 Å². The molecule has 0 unspecified atom stereocenters. The van der Waals surface area contributed by atoms with Gasteiger partial charge >= 0.3 is 6.09 Å². The molecule has 0 atom stereocenters. The van der Waals surface area contributed by atoms with Gasteiger partial charge in [-0.2, -0.15) is 5.26 Å². The summed E-state index contributed by atoms with van der Waals surface area (Å²) in [7, 11) is 0. The molecule has 23 heavy (non-hydrogen) atoms. The average molecular weight is 308 g/mol. The van der Waals surface area contributed by atoms with Crippen molar-refractivity contribution in [2.75, 3.05) is 0 Å². The molecule has 4 heteroatoms. The highest BCUT2D eigenvalue weighted by Crippen LogP contribution is 2.20. The first-order chi connectivity index (χ1) is 10.9. The molecule has 0 aliphatic rings. The zero-order chi connectivity index (χ0) is 16.9. The van der Waals surface area contributed by atoms with Crippen LogP contribution in [-0.2, 0) is 11.3 Å². The summed E-state index contributed by atoms with van der Waals surface area (Å²) in [6, 6.07) is 17.5. The van der Waals surface area contributed by atoms with Gasteiger partial charge < -0.3 is 10.1 Å². The Hall–Kier alpha value is -2.80. The lowest BCUT2D eigenvalue weighted by Crippen LogP contribution is -2.32. The third kappa shape index (κ3) is 5.15. The van der Waals surface area contributed by atoms with Crippen molar-refractivity contribution in [1.29, 1.82) is 5.26 Å². The average Bonchev–Trinajstić information content (AvgIpc) is 2.52. The summed E-state index contributed by atoms with van der Waals surface area (Å²) in [5.41, 5.74) is 3.26. The second kappa shape index (κ2) is 6.97. The minimum atomic E-state index is -0.496. The van der Waals surface area contributed by atoms with Gasteiger partial charge in [0.25, 0.3) is 0 Å². The van der Waals surface area contributed by atoms with Crippen molar-refractivity contribution >= 4 is 6.09 Å². The van der Waals surface area contributed by atoms with Crippen molar-refractivity contribution in [2.45, 2.75) is 32.9 Å². The van der Waals surface area contributed by atoms with Gasteiger partial charge in [0.1, 0.15) is 5.60 Å². The van der Waals surface area contributed by atoms with Gasteiger partial charge in [-0.3, -0.25) is 0 Å². The van der Waals surface area contributed by atoms with E-state index < -0.39 is 11.7 Å². The van der Waals surface area contributed by atoms with E-state index in [1.807, 2.05) is 57.2 Å². The summed E-state index contributed by atoms with van der Waals surface area (Å²) in [4.78, 5) is 11.6. The van der Waals surface area contributed by atoms with Crippen LogP contribution in [0.5, 0.6) is 0 Å². The maximum absolute atomic E-state index is 11.6. The minimum absolute atomic E-state index is 0.419. The Morgan fingerprint density at radius 2 is 1.57 bits per heavy atom. The maximum Gasteiger partial charge on any atom is 0.407 e. The molecule has 2 aromatic carbocycles. The number of benzene rings is 2. The highest BCUT2D eigenvalue weighted by atomic mass is 16.6. The molecule has 0 aromatic heterocycles. The lowest BCUT2D eigenvalue weighted by atomic mass is 10.0. The topological polar surface area (TPSA) is 62.1 Å². The highest BCUT2D eigenvalue weighted by Gasteiger charge is 2.15. The monoisotopic (exact) mass is 308 g/mol. The zero-order valence-electron chi connectivity index (χ0n) is 13.6. The van der Waals surface area contributed by atoms with Gasteiger partial charge in [-0.25, -0.2) is 4.79 Å². The van der Waals surface area contributed by atoms with Crippen LogP contribution in [0.25, 0.3) is 11.1 Å². The second-order valence-corrected chi connectivity index (χ2v) is 6.24. The third-order valence-corrected chi connectivity index (χ3v) is 3.14. The van der Waals surface area contributed by atoms with Crippen LogP contribution in [0.4, 0.5) is 4.79 Å². The molecule has 0 bridgehead atoms. The van der Waals surface area contributed by atoms with Crippen LogP contribution in [0.1, 0.15) is 31.9 Å². The Balaban J connectivity index is 1.97. The van der Waals surface area contributed by atoms with Crippen LogP contribution in [0.3, 0.4) is 0 Å². The molecule has 0 aliphatic carbocycles. The predicted molar refractivity (Wildman–Crippen MR) is 89.7 cm³/mol. The number of alkyl carbamates (subject to hydrolysis) is 1. The molecular formula is C19H20N2O2. The van der Waals surface area contributed by atoms with Crippen molar-refractivity contribution in [3.05, 3.63) is 59.7 Å². The molecule has 0 saturated carbocycles. The number of carbonyl (C=O) groups is 1. The van der Waals surface area contributed by atoms with E-state index in [-0.39, 0.29) is 0 Å². The van der Waals surface area contributed by atoms with E-state index in [0.29, 0.717) is 12.1 Å². The van der Waals surface area contributed by atoms with Gasteiger partial charge in [0, 0.05) is 6.54 Å². The van der Waals surface area contributed by atoms with Crippen molar-refractivity contribution in [1.82, 2.24) is 5.32 Å². The van der Waals surface area contributed by atoms with Crippen molar-refractivity contribution in [2.24, 2.45) is 0 Å². The molecule has 0 saturated heterocycles. The molecule has 0 fully saturated rings. The van der Waals surface area contributed by atoms with Crippen LogP contribution in [0.15, 0.2) is 48.5 Å². The number of rotatable bonds is 3. The van der Waals surface area contributed by atoms with Gasteiger partial charge in [0.15, 0.2) is 0 Å². The molecule has 0 radical (unpaired) electrons. The summed E-state index contributed by atoms with van der Waals surface area (Å²) in [5, 5.41) is 11.5. The van der Waals surface area contributed by atoms with Gasteiger partial charge in [-0.15, -0.1) is 0 Å².